The van der Waals surface area contributed by atoms with Gasteiger partial charge >= 0.3 is 0 Å². The molecule has 9 nitrogen and oxygen atoms in total. The van der Waals surface area contributed by atoms with E-state index in [1.807, 2.05) is 65.8 Å². The summed E-state index contributed by atoms with van der Waals surface area (Å²) in [5.41, 5.74) is 4.86. The highest BCUT2D eigenvalue weighted by atomic mass is 16.6. The van der Waals surface area contributed by atoms with Gasteiger partial charge in [-0.1, -0.05) is 11.2 Å². The van der Waals surface area contributed by atoms with Gasteiger partial charge in [-0.2, -0.15) is 5.26 Å². The van der Waals surface area contributed by atoms with Gasteiger partial charge in [0.2, 0.25) is 5.88 Å². The number of nitrogens with zero attached hydrogens (tertiary/aromatic N) is 6. The second-order valence-corrected chi connectivity index (χ2v) is 7.59. The third-order valence-electron chi connectivity index (χ3n) is 5.51. The van der Waals surface area contributed by atoms with Crippen molar-refractivity contribution in [1.82, 2.24) is 24.4 Å². The summed E-state index contributed by atoms with van der Waals surface area (Å²) in [6.07, 6.45) is 5.65. The lowest BCUT2D eigenvalue weighted by atomic mass is 10.0. The zero-order valence-electron chi connectivity index (χ0n) is 17.9. The minimum atomic E-state index is -0.190. The molecule has 1 aliphatic rings. The highest BCUT2D eigenvalue weighted by Crippen LogP contribution is 2.31. The molecule has 9 heteroatoms. The Kier molecular flexibility index (Phi) is 4.75. The highest BCUT2D eigenvalue weighted by Gasteiger charge is 2.26. The van der Waals surface area contributed by atoms with Crippen LogP contribution in [0.3, 0.4) is 0 Å². The Balaban J connectivity index is 1.50. The average Bonchev–Trinajstić information content (AvgIpc) is 3.42. The SMILES string of the molecule is COc1nc(C2=NOCC(c3cn(C)c4cccc(C#N)c34)N2)ccc1-n1cnc(C)c1. The van der Waals surface area contributed by atoms with Gasteiger partial charge in [0.25, 0.3) is 0 Å². The number of pyridine rings is 1. The number of rotatable bonds is 4. The smallest absolute Gasteiger partial charge is 0.238 e. The molecule has 160 valence electrons. The van der Waals surface area contributed by atoms with Gasteiger partial charge in [0.15, 0.2) is 5.84 Å². The molecule has 0 radical (unpaired) electrons. The molecule has 1 unspecified atom stereocenters. The van der Waals surface area contributed by atoms with Gasteiger partial charge in [0.05, 0.1) is 36.8 Å². The van der Waals surface area contributed by atoms with Crippen LogP contribution in [0.2, 0.25) is 0 Å². The Bertz CT molecular complexity index is 1390. The zero-order valence-corrected chi connectivity index (χ0v) is 17.9. The maximum absolute atomic E-state index is 9.61. The Morgan fingerprint density at radius 3 is 2.88 bits per heavy atom. The number of oxime groups is 1. The first-order valence-electron chi connectivity index (χ1n) is 10.1. The number of amidine groups is 1. The van der Waals surface area contributed by atoms with Crippen LogP contribution >= 0.6 is 0 Å². The van der Waals surface area contributed by atoms with Crippen molar-refractivity contribution < 1.29 is 9.57 Å². The lowest BCUT2D eigenvalue weighted by molar-refractivity contribution is 0.109. The van der Waals surface area contributed by atoms with Crippen LogP contribution in [0.15, 0.2) is 54.2 Å². The average molecular weight is 427 g/mol. The summed E-state index contributed by atoms with van der Waals surface area (Å²) in [6, 6.07) is 11.6. The van der Waals surface area contributed by atoms with Gasteiger partial charge in [0, 0.05) is 35.9 Å². The van der Waals surface area contributed by atoms with E-state index in [1.54, 1.807) is 13.4 Å². The topological polar surface area (TPSA) is 102 Å². The first-order valence-corrected chi connectivity index (χ1v) is 10.1. The number of nitrogens with one attached hydrogen (secondary N) is 1. The minimum Gasteiger partial charge on any atom is -0.479 e. The molecule has 0 amide bonds. The molecule has 0 saturated carbocycles. The molecule has 0 spiro atoms. The number of aryl methyl sites for hydroxylation is 2. The summed E-state index contributed by atoms with van der Waals surface area (Å²) in [5.74, 6) is 0.947. The number of ether oxygens (including phenoxy) is 1. The molecule has 4 aromatic rings. The van der Waals surface area contributed by atoms with Crippen LogP contribution in [0.5, 0.6) is 5.88 Å². The summed E-state index contributed by atoms with van der Waals surface area (Å²) in [5, 5.41) is 18.1. The summed E-state index contributed by atoms with van der Waals surface area (Å²) in [7, 11) is 3.54. The Morgan fingerprint density at radius 1 is 1.25 bits per heavy atom. The van der Waals surface area contributed by atoms with Crippen molar-refractivity contribution in [3.05, 3.63) is 71.6 Å². The van der Waals surface area contributed by atoms with Gasteiger partial charge in [-0.05, 0) is 31.2 Å². The van der Waals surface area contributed by atoms with Crippen molar-refractivity contribution in [2.75, 3.05) is 13.7 Å². The molecular formula is C23H21N7O2. The molecule has 5 rings (SSSR count). The molecular weight excluding hydrogens is 406 g/mol. The van der Waals surface area contributed by atoms with Gasteiger partial charge in [0.1, 0.15) is 18.0 Å². The standard InChI is InChI=1S/C23H21N7O2/c1-14-10-30(13-25-14)20-8-7-17(27-23(20)31-3)22-26-18(12-32-28-22)16-11-29(2)19-6-4-5-15(9-24)21(16)19/h4-8,10-11,13,18H,12H2,1-3H3,(H,26,28). The monoisotopic (exact) mass is 427 g/mol. The van der Waals surface area contributed by atoms with Crippen LogP contribution in [0.1, 0.15) is 28.6 Å². The molecule has 0 bridgehead atoms. The van der Waals surface area contributed by atoms with Gasteiger partial charge in [-0.3, -0.25) is 0 Å². The Labute approximate surface area is 184 Å². The van der Waals surface area contributed by atoms with E-state index in [0.717, 1.165) is 27.8 Å². The summed E-state index contributed by atoms with van der Waals surface area (Å²) in [6.45, 7) is 2.26. The first kappa shape index (κ1) is 19.6. The number of imidazole rings is 1. The van der Waals surface area contributed by atoms with Crippen LogP contribution in [0, 0.1) is 18.3 Å². The van der Waals surface area contributed by atoms with E-state index in [0.29, 0.717) is 29.6 Å². The second-order valence-electron chi connectivity index (χ2n) is 7.59. The van der Waals surface area contributed by atoms with Crippen LogP contribution in [-0.4, -0.2) is 38.7 Å². The molecule has 1 aliphatic heterocycles. The number of hydrogen-bond acceptors (Lipinski definition) is 7. The van der Waals surface area contributed by atoms with E-state index in [1.165, 1.54) is 0 Å². The van der Waals surface area contributed by atoms with Crippen LogP contribution < -0.4 is 10.1 Å². The third kappa shape index (κ3) is 3.22. The maximum atomic E-state index is 9.61. The summed E-state index contributed by atoms with van der Waals surface area (Å²) < 4.78 is 9.40. The lowest BCUT2D eigenvalue weighted by Gasteiger charge is -2.24. The van der Waals surface area contributed by atoms with Crippen LogP contribution in [0.25, 0.3) is 16.6 Å². The molecule has 1 N–H and O–H groups in total. The first-order chi connectivity index (χ1) is 15.6. The fraction of sp³-hybridized carbons (Fsp3) is 0.217. The summed E-state index contributed by atoms with van der Waals surface area (Å²) in [4.78, 5) is 14.5. The van der Waals surface area contributed by atoms with Crippen molar-refractivity contribution in [2.24, 2.45) is 12.2 Å². The predicted molar refractivity (Wildman–Crippen MR) is 119 cm³/mol. The van der Waals surface area contributed by atoms with Crippen LogP contribution in [-0.2, 0) is 11.9 Å². The molecule has 1 atom stereocenters. The molecule has 4 heterocycles. The van der Waals surface area contributed by atoms with Crippen molar-refractivity contribution >= 4 is 16.7 Å². The van der Waals surface area contributed by atoms with E-state index in [-0.39, 0.29) is 6.04 Å². The van der Waals surface area contributed by atoms with Crippen molar-refractivity contribution in [3.63, 3.8) is 0 Å². The number of aromatic nitrogens is 4. The van der Waals surface area contributed by atoms with Crippen LogP contribution in [0.4, 0.5) is 0 Å². The largest absolute Gasteiger partial charge is 0.479 e. The molecule has 3 aromatic heterocycles. The van der Waals surface area contributed by atoms with E-state index in [9.17, 15) is 5.26 Å². The number of methoxy groups -OCH3 is 1. The summed E-state index contributed by atoms with van der Waals surface area (Å²) >= 11 is 0. The highest BCUT2D eigenvalue weighted by molar-refractivity contribution is 5.98. The molecule has 0 fully saturated rings. The zero-order chi connectivity index (χ0) is 22.2. The second kappa shape index (κ2) is 7.74. The van der Waals surface area contributed by atoms with E-state index >= 15 is 0 Å². The maximum Gasteiger partial charge on any atom is 0.238 e. The van der Waals surface area contributed by atoms with Crippen molar-refractivity contribution in [3.8, 4) is 17.6 Å². The van der Waals surface area contributed by atoms with Gasteiger partial charge in [-0.15, -0.1) is 0 Å². The predicted octanol–water partition coefficient (Wildman–Crippen LogP) is 2.97. The number of hydrogen-bond donors (Lipinski definition) is 1. The van der Waals surface area contributed by atoms with Crippen molar-refractivity contribution in [1.29, 1.82) is 5.26 Å². The number of nitriles is 1. The van der Waals surface area contributed by atoms with E-state index < -0.39 is 0 Å². The van der Waals surface area contributed by atoms with Crippen molar-refractivity contribution in [2.45, 2.75) is 13.0 Å². The quantitative estimate of drug-likeness (QED) is 0.537. The third-order valence-corrected chi connectivity index (χ3v) is 5.51. The van der Waals surface area contributed by atoms with E-state index in [4.69, 9.17) is 9.57 Å². The normalized spacial score (nSPS) is 15.6. The number of fused-ring (bicyclic) bond motifs is 1. The molecule has 0 saturated heterocycles. The molecule has 0 aliphatic carbocycles. The minimum absolute atomic E-state index is 0.190. The Morgan fingerprint density at radius 2 is 2.12 bits per heavy atom. The van der Waals surface area contributed by atoms with E-state index in [2.05, 4.69) is 26.5 Å². The van der Waals surface area contributed by atoms with Gasteiger partial charge < -0.3 is 24.0 Å². The fourth-order valence-corrected chi connectivity index (χ4v) is 4.00. The molecule has 32 heavy (non-hydrogen) atoms. The molecule has 1 aromatic carbocycles. The number of benzene rings is 1. The van der Waals surface area contributed by atoms with Gasteiger partial charge in [-0.25, -0.2) is 9.97 Å². The Hall–Kier alpha value is -4.32. The fourth-order valence-electron chi connectivity index (χ4n) is 4.00. The lowest BCUT2D eigenvalue weighted by Crippen LogP contribution is -2.36.